The lowest BCUT2D eigenvalue weighted by molar-refractivity contribution is 0.125. The molecule has 1 aliphatic rings. The topological polar surface area (TPSA) is 57.9 Å². The highest BCUT2D eigenvalue weighted by Crippen LogP contribution is 2.33. The van der Waals surface area contributed by atoms with Crippen LogP contribution in [0, 0.1) is 12.7 Å². The predicted octanol–water partition coefficient (Wildman–Crippen LogP) is 1.98. The Labute approximate surface area is 164 Å². The van der Waals surface area contributed by atoms with Crippen LogP contribution in [0.1, 0.15) is 22.9 Å². The summed E-state index contributed by atoms with van der Waals surface area (Å²) in [5.74, 6) is -0.410. The molecule has 1 aliphatic heterocycles. The molecule has 0 bridgehead atoms. The van der Waals surface area contributed by atoms with E-state index in [-0.39, 0.29) is 22.7 Å². The van der Waals surface area contributed by atoms with Crippen molar-refractivity contribution in [3.8, 4) is 5.75 Å². The standard InChI is InChI=1S/C21H28FN3O3/c1-15-13-18(26)19(21(27)25(15)11-12-28-3)20(16-5-4-6-17(22)14-16)24-9-7-23(2)8-10-24/h4-6,13-14,20,26H,7-12H2,1-3H3/t20-/m1/s1. The maximum absolute atomic E-state index is 14.0. The fourth-order valence-electron chi connectivity index (χ4n) is 3.80. The van der Waals surface area contributed by atoms with Crippen molar-refractivity contribution in [2.75, 3.05) is 46.9 Å². The average molecular weight is 389 g/mol. The minimum absolute atomic E-state index is 0.0515. The molecule has 3 rings (SSSR count). The van der Waals surface area contributed by atoms with E-state index in [0.717, 1.165) is 26.2 Å². The van der Waals surface area contributed by atoms with Crippen LogP contribution in [0.2, 0.25) is 0 Å². The zero-order chi connectivity index (χ0) is 20.3. The number of aryl methyl sites for hydroxylation is 1. The van der Waals surface area contributed by atoms with Crippen molar-refractivity contribution >= 4 is 0 Å². The van der Waals surface area contributed by atoms with Crippen LogP contribution < -0.4 is 5.56 Å². The van der Waals surface area contributed by atoms with E-state index in [4.69, 9.17) is 4.74 Å². The van der Waals surface area contributed by atoms with Gasteiger partial charge < -0.3 is 19.3 Å². The van der Waals surface area contributed by atoms with Crippen molar-refractivity contribution in [2.24, 2.45) is 0 Å². The largest absolute Gasteiger partial charge is 0.507 e. The maximum Gasteiger partial charge on any atom is 0.259 e. The Balaban J connectivity index is 2.13. The Bertz CT molecular complexity index is 876. The van der Waals surface area contributed by atoms with Crippen molar-refractivity contribution in [1.82, 2.24) is 14.4 Å². The number of piperazine rings is 1. The lowest BCUT2D eigenvalue weighted by atomic mass is 9.96. The van der Waals surface area contributed by atoms with Crippen LogP contribution in [0.3, 0.4) is 0 Å². The molecule has 0 saturated carbocycles. The van der Waals surface area contributed by atoms with Gasteiger partial charge in [0.1, 0.15) is 11.6 Å². The second-order valence-corrected chi connectivity index (χ2v) is 7.33. The third kappa shape index (κ3) is 4.27. The molecule has 1 atom stereocenters. The summed E-state index contributed by atoms with van der Waals surface area (Å²) in [6.45, 7) is 5.71. The Morgan fingerprint density at radius 1 is 1.21 bits per heavy atom. The number of nitrogens with zero attached hydrogens (tertiary/aromatic N) is 3. The molecule has 1 aromatic heterocycles. The van der Waals surface area contributed by atoms with Crippen molar-refractivity contribution in [3.63, 3.8) is 0 Å². The summed E-state index contributed by atoms with van der Waals surface area (Å²) in [4.78, 5) is 17.7. The number of halogens is 1. The van der Waals surface area contributed by atoms with Crippen molar-refractivity contribution in [2.45, 2.75) is 19.5 Å². The molecule has 2 heterocycles. The zero-order valence-electron chi connectivity index (χ0n) is 16.7. The predicted molar refractivity (Wildman–Crippen MR) is 106 cm³/mol. The third-order valence-electron chi connectivity index (χ3n) is 5.38. The van der Waals surface area contributed by atoms with Gasteiger partial charge in [0.2, 0.25) is 0 Å². The SMILES string of the molecule is COCCn1c(C)cc(O)c([C@@H](c2cccc(F)c2)N2CCN(C)CC2)c1=O. The maximum atomic E-state index is 14.0. The molecule has 6 nitrogen and oxygen atoms in total. The van der Waals surface area contributed by atoms with Gasteiger partial charge in [0.05, 0.1) is 18.2 Å². The Hall–Kier alpha value is -2.22. The van der Waals surface area contributed by atoms with Crippen molar-refractivity contribution < 1.29 is 14.2 Å². The monoisotopic (exact) mass is 389 g/mol. The summed E-state index contributed by atoms with van der Waals surface area (Å²) in [6, 6.07) is 7.38. The van der Waals surface area contributed by atoms with Crippen LogP contribution in [0.5, 0.6) is 5.75 Å². The number of pyridine rings is 1. The lowest BCUT2D eigenvalue weighted by Crippen LogP contribution is -2.47. The van der Waals surface area contributed by atoms with Crippen LogP contribution in [0.25, 0.3) is 0 Å². The number of aromatic nitrogens is 1. The van der Waals surface area contributed by atoms with Gasteiger partial charge in [0.15, 0.2) is 0 Å². The van der Waals surface area contributed by atoms with E-state index in [1.54, 1.807) is 30.7 Å². The molecule has 28 heavy (non-hydrogen) atoms. The van der Waals surface area contributed by atoms with E-state index >= 15 is 0 Å². The van der Waals surface area contributed by atoms with E-state index in [9.17, 15) is 14.3 Å². The first-order valence-electron chi connectivity index (χ1n) is 9.52. The smallest absolute Gasteiger partial charge is 0.259 e. The Morgan fingerprint density at radius 3 is 2.57 bits per heavy atom. The number of aromatic hydroxyl groups is 1. The van der Waals surface area contributed by atoms with Gasteiger partial charge in [-0.15, -0.1) is 0 Å². The van der Waals surface area contributed by atoms with Gasteiger partial charge in [0, 0.05) is 45.5 Å². The molecule has 0 amide bonds. The number of rotatable bonds is 6. The summed E-state index contributed by atoms with van der Waals surface area (Å²) in [5, 5.41) is 10.7. The Kier molecular flexibility index (Phi) is 6.49. The minimum atomic E-state index is -0.508. The van der Waals surface area contributed by atoms with Gasteiger partial charge in [-0.1, -0.05) is 12.1 Å². The Morgan fingerprint density at radius 2 is 1.93 bits per heavy atom. The van der Waals surface area contributed by atoms with Crippen molar-refractivity contribution in [3.05, 3.63) is 63.3 Å². The molecule has 0 spiro atoms. The summed E-state index contributed by atoms with van der Waals surface area (Å²) < 4.78 is 20.7. The quantitative estimate of drug-likeness (QED) is 0.819. The minimum Gasteiger partial charge on any atom is -0.507 e. The summed E-state index contributed by atoms with van der Waals surface area (Å²) in [6.07, 6.45) is 0. The number of ether oxygens (including phenoxy) is 1. The molecule has 0 radical (unpaired) electrons. The van der Waals surface area contributed by atoms with E-state index < -0.39 is 6.04 Å². The highest BCUT2D eigenvalue weighted by molar-refractivity contribution is 5.41. The second-order valence-electron chi connectivity index (χ2n) is 7.33. The average Bonchev–Trinajstić information content (AvgIpc) is 2.66. The molecule has 0 aliphatic carbocycles. The summed E-state index contributed by atoms with van der Waals surface area (Å²) in [5.41, 5.74) is 1.36. The molecule has 1 saturated heterocycles. The van der Waals surface area contributed by atoms with Crippen LogP contribution in [-0.4, -0.2) is 66.4 Å². The number of methoxy groups -OCH3 is 1. The first-order chi connectivity index (χ1) is 13.4. The first-order valence-corrected chi connectivity index (χ1v) is 9.52. The van der Waals surface area contributed by atoms with Gasteiger partial charge >= 0.3 is 0 Å². The van der Waals surface area contributed by atoms with E-state index in [1.165, 1.54) is 12.1 Å². The second kappa shape index (κ2) is 8.86. The number of hydrogen-bond acceptors (Lipinski definition) is 5. The zero-order valence-corrected chi connectivity index (χ0v) is 16.7. The number of benzene rings is 1. The molecule has 0 unspecified atom stereocenters. The molecular formula is C21H28FN3O3. The summed E-state index contributed by atoms with van der Waals surface area (Å²) in [7, 11) is 3.64. The van der Waals surface area contributed by atoms with E-state index in [0.29, 0.717) is 24.4 Å². The van der Waals surface area contributed by atoms with Gasteiger partial charge in [-0.3, -0.25) is 9.69 Å². The molecule has 2 aromatic rings. The van der Waals surface area contributed by atoms with Gasteiger partial charge in [-0.05, 0) is 37.7 Å². The highest BCUT2D eigenvalue weighted by Gasteiger charge is 2.31. The fraction of sp³-hybridized carbons (Fsp3) is 0.476. The van der Waals surface area contributed by atoms with Crippen LogP contribution in [0.15, 0.2) is 35.1 Å². The lowest BCUT2D eigenvalue weighted by Gasteiger charge is -2.38. The van der Waals surface area contributed by atoms with E-state index in [2.05, 4.69) is 16.8 Å². The summed E-state index contributed by atoms with van der Waals surface area (Å²) >= 11 is 0. The van der Waals surface area contributed by atoms with Crippen LogP contribution in [-0.2, 0) is 11.3 Å². The number of likely N-dealkylation sites (N-methyl/N-ethyl adjacent to an activating group) is 1. The molecule has 1 fully saturated rings. The molecule has 1 aromatic carbocycles. The first kappa shape index (κ1) is 20.5. The van der Waals surface area contributed by atoms with Crippen LogP contribution in [0.4, 0.5) is 4.39 Å². The highest BCUT2D eigenvalue weighted by atomic mass is 19.1. The fourth-order valence-corrected chi connectivity index (χ4v) is 3.80. The van der Waals surface area contributed by atoms with E-state index in [1.807, 2.05) is 6.07 Å². The van der Waals surface area contributed by atoms with Crippen LogP contribution >= 0.6 is 0 Å². The molecule has 152 valence electrons. The third-order valence-corrected chi connectivity index (χ3v) is 5.38. The number of hydrogen-bond donors (Lipinski definition) is 1. The molecule has 1 N–H and O–H groups in total. The van der Waals surface area contributed by atoms with Gasteiger partial charge in [-0.2, -0.15) is 0 Å². The van der Waals surface area contributed by atoms with Crippen molar-refractivity contribution in [1.29, 1.82) is 0 Å². The van der Waals surface area contributed by atoms with Gasteiger partial charge in [-0.25, -0.2) is 4.39 Å². The molecule has 7 heteroatoms. The molecular weight excluding hydrogens is 361 g/mol. The van der Waals surface area contributed by atoms with Gasteiger partial charge in [0.25, 0.3) is 5.56 Å². The normalized spacial score (nSPS) is 17.0.